The second kappa shape index (κ2) is 48.0. The van der Waals surface area contributed by atoms with E-state index in [1.165, 1.54) is 193 Å². The van der Waals surface area contributed by atoms with E-state index >= 15 is 0 Å². The van der Waals surface area contributed by atoms with Crippen LogP contribution >= 0.6 is 0 Å². The van der Waals surface area contributed by atoms with Gasteiger partial charge in [0, 0.05) is 25.9 Å². The fourth-order valence-corrected chi connectivity index (χ4v) is 7.72. The molecule has 0 aromatic heterocycles. The highest BCUT2D eigenvalue weighted by molar-refractivity contribution is 5.76. The molecule has 0 radical (unpaired) electrons. The van der Waals surface area contributed by atoms with Crippen LogP contribution in [0.5, 0.6) is 0 Å². The Morgan fingerprint density at radius 2 is 0.621 bits per heavy atom. The molecule has 0 aromatic carbocycles. The van der Waals surface area contributed by atoms with E-state index < -0.39 is 0 Å². The van der Waals surface area contributed by atoms with Crippen LogP contribution in [0.1, 0.15) is 245 Å². The van der Waals surface area contributed by atoms with Crippen LogP contribution in [0.25, 0.3) is 0 Å². The smallest absolute Gasteiger partial charge is 0.219 e. The van der Waals surface area contributed by atoms with Gasteiger partial charge in [0.05, 0.1) is 0 Å². The molecule has 0 fully saturated rings. The predicted octanol–water partition coefficient (Wildman–Crippen LogP) is 14.3. The topological polar surface area (TPSA) is 64.7 Å². The molecule has 0 rings (SSSR count). The fourth-order valence-electron chi connectivity index (χ4n) is 7.72. The van der Waals surface area contributed by atoms with Crippen LogP contribution in [0.15, 0.2) is 24.3 Å². The molecule has 0 spiro atoms. The van der Waals surface area contributed by atoms with Gasteiger partial charge in [-0.25, -0.2) is 0 Å². The van der Waals surface area contributed by atoms with Crippen LogP contribution in [0.2, 0.25) is 0 Å². The molecule has 0 aliphatic heterocycles. The molecule has 0 unspecified atom stereocenters. The van der Waals surface area contributed by atoms with E-state index in [0.29, 0.717) is 12.8 Å². The van der Waals surface area contributed by atoms with Gasteiger partial charge in [0.2, 0.25) is 11.8 Å². The molecule has 0 aliphatic rings. The van der Waals surface area contributed by atoms with Gasteiger partial charge in [-0.05, 0) is 137 Å². The summed E-state index contributed by atoms with van der Waals surface area (Å²) in [6, 6.07) is 0. The van der Waals surface area contributed by atoms with E-state index in [-0.39, 0.29) is 11.8 Å². The first kappa shape index (κ1) is 56.3. The summed E-state index contributed by atoms with van der Waals surface area (Å²) in [5.74, 6) is 0.467. The predicted molar refractivity (Wildman–Crippen MR) is 257 cm³/mol. The number of nitrogens with one attached hydrogen (secondary N) is 2. The van der Waals surface area contributed by atoms with Crippen LogP contribution in [0, 0.1) is 0 Å². The summed E-state index contributed by atoms with van der Waals surface area (Å²) >= 11 is 0. The van der Waals surface area contributed by atoms with E-state index in [1.54, 1.807) is 0 Å². The van der Waals surface area contributed by atoms with Crippen molar-refractivity contribution < 1.29 is 9.59 Å². The normalized spacial score (nSPS) is 11.9. The Morgan fingerprint density at radius 3 is 1.00 bits per heavy atom. The van der Waals surface area contributed by atoms with E-state index in [9.17, 15) is 9.59 Å². The lowest BCUT2D eigenvalue weighted by Gasteiger charge is -2.17. The Morgan fingerprint density at radius 1 is 0.345 bits per heavy atom. The lowest BCUT2D eigenvalue weighted by Crippen LogP contribution is -2.28. The van der Waals surface area contributed by atoms with Crippen molar-refractivity contribution in [2.75, 3.05) is 53.4 Å². The quantitative estimate of drug-likeness (QED) is 0.0474. The van der Waals surface area contributed by atoms with Crippen molar-refractivity contribution in [1.29, 1.82) is 0 Å². The summed E-state index contributed by atoms with van der Waals surface area (Å²) in [6.07, 6.45) is 54.2. The molecule has 0 aromatic rings. The summed E-state index contributed by atoms with van der Waals surface area (Å²) in [7, 11) is 4.45. The molecule has 2 amide bonds. The largest absolute Gasteiger partial charge is 0.356 e. The minimum Gasteiger partial charge on any atom is -0.356 e. The van der Waals surface area contributed by atoms with Gasteiger partial charge < -0.3 is 20.4 Å². The van der Waals surface area contributed by atoms with E-state index in [4.69, 9.17) is 0 Å². The lowest BCUT2D eigenvalue weighted by atomic mass is 10.1. The van der Waals surface area contributed by atoms with Crippen molar-refractivity contribution in [2.24, 2.45) is 0 Å². The minimum atomic E-state index is 0.231. The summed E-state index contributed by atoms with van der Waals surface area (Å²) < 4.78 is 0. The Labute approximate surface area is 363 Å². The van der Waals surface area contributed by atoms with Gasteiger partial charge in [0.25, 0.3) is 0 Å². The summed E-state index contributed by atoms with van der Waals surface area (Å²) in [5.41, 5.74) is 0. The van der Waals surface area contributed by atoms with Gasteiger partial charge in [-0.2, -0.15) is 0 Å². The number of carbonyl (C=O) groups excluding carboxylic acids is 2. The molecule has 2 N–H and O–H groups in total. The number of carbonyl (C=O) groups is 2. The number of amides is 2. The average Bonchev–Trinajstić information content (AvgIpc) is 3.21. The maximum Gasteiger partial charge on any atom is 0.219 e. The van der Waals surface area contributed by atoms with E-state index in [2.05, 4.69) is 72.7 Å². The maximum atomic E-state index is 12.2. The zero-order chi connectivity index (χ0) is 42.3. The van der Waals surface area contributed by atoms with Crippen LogP contribution in [-0.2, 0) is 9.59 Å². The first-order valence-electron chi connectivity index (χ1n) is 25.7. The van der Waals surface area contributed by atoms with Gasteiger partial charge in [0.15, 0.2) is 0 Å². The van der Waals surface area contributed by atoms with Crippen LogP contribution in [-0.4, -0.2) is 75.0 Å². The monoisotopic (exact) mass is 815 g/mol. The third kappa shape index (κ3) is 47.0. The molecular formula is C52H102N4O2. The molecule has 6 nitrogen and oxygen atoms in total. The van der Waals surface area contributed by atoms with Gasteiger partial charge in [-0.15, -0.1) is 0 Å². The molecule has 58 heavy (non-hydrogen) atoms. The van der Waals surface area contributed by atoms with Crippen molar-refractivity contribution in [3.8, 4) is 0 Å². The highest BCUT2D eigenvalue weighted by Gasteiger charge is 2.04. The standard InChI is InChI=1S/C52H102N4O2/c1-5-7-9-11-13-15-17-19-21-23-25-27-29-32-36-43-51(57)53-45-38-41-49-55(3)47-39-34-31-35-40-48-56(4)50-42-46-54-52(58)44-37-33-30-28-26-24-22-20-18-16-14-12-10-8-6-2/h19-22H,5-18,23-50H2,1-4H3,(H,53,57)(H,54,58)/b21-19-,22-20-. The summed E-state index contributed by atoms with van der Waals surface area (Å²) in [5, 5.41) is 6.27. The molecular weight excluding hydrogens is 713 g/mol. The van der Waals surface area contributed by atoms with E-state index in [1.807, 2.05) is 0 Å². The zero-order valence-electron chi connectivity index (χ0n) is 39.7. The van der Waals surface area contributed by atoms with Crippen LogP contribution < -0.4 is 10.6 Å². The van der Waals surface area contributed by atoms with Gasteiger partial charge in [-0.1, -0.05) is 160 Å². The SMILES string of the molecule is CCCCCCCC/C=C\CCCCCCCC(=O)NCCCCN(C)CCCCCCCN(C)CCCNC(=O)CCCCCCC/C=C\CCCCCCCC. The third-order valence-electron chi connectivity index (χ3n) is 11.7. The molecule has 0 atom stereocenters. The Bertz CT molecular complexity index is 906. The van der Waals surface area contributed by atoms with Crippen molar-refractivity contribution in [3.05, 3.63) is 24.3 Å². The zero-order valence-corrected chi connectivity index (χ0v) is 39.7. The van der Waals surface area contributed by atoms with E-state index in [0.717, 1.165) is 64.8 Å². The Kier molecular flexibility index (Phi) is 46.6. The van der Waals surface area contributed by atoms with Gasteiger partial charge in [-0.3, -0.25) is 9.59 Å². The molecule has 0 aliphatic carbocycles. The molecule has 0 saturated carbocycles. The van der Waals surface area contributed by atoms with Crippen molar-refractivity contribution in [1.82, 2.24) is 20.4 Å². The van der Waals surface area contributed by atoms with Gasteiger partial charge in [0.1, 0.15) is 0 Å². The molecule has 0 bridgehead atoms. The van der Waals surface area contributed by atoms with Crippen molar-refractivity contribution in [2.45, 2.75) is 245 Å². The number of allylic oxidation sites excluding steroid dienone is 4. The molecule has 342 valence electrons. The minimum absolute atomic E-state index is 0.231. The number of hydrogen-bond donors (Lipinski definition) is 2. The first-order chi connectivity index (χ1) is 28.5. The first-order valence-corrected chi connectivity index (χ1v) is 25.7. The van der Waals surface area contributed by atoms with Gasteiger partial charge >= 0.3 is 0 Å². The number of rotatable bonds is 47. The van der Waals surface area contributed by atoms with Crippen molar-refractivity contribution >= 4 is 11.8 Å². The number of hydrogen-bond acceptors (Lipinski definition) is 4. The molecule has 0 saturated heterocycles. The van der Waals surface area contributed by atoms with Crippen molar-refractivity contribution in [3.63, 3.8) is 0 Å². The van der Waals surface area contributed by atoms with Crippen LogP contribution in [0.4, 0.5) is 0 Å². The highest BCUT2D eigenvalue weighted by atomic mass is 16.2. The molecule has 0 heterocycles. The maximum absolute atomic E-state index is 12.2. The third-order valence-corrected chi connectivity index (χ3v) is 11.7. The number of unbranched alkanes of at least 4 members (excludes halogenated alkanes) is 27. The Balaban J connectivity index is 3.42. The second-order valence-corrected chi connectivity index (χ2v) is 17.8. The fraction of sp³-hybridized carbons (Fsp3) is 0.885. The summed E-state index contributed by atoms with van der Waals surface area (Å²) in [6.45, 7) is 10.7. The summed E-state index contributed by atoms with van der Waals surface area (Å²) in [4.78, 5) is 29.3. The Hall–Kier alpha value is -1.66. The highest BCUT2D eigenvalue weighted by Crippen LogP contribution is 2.12. The molecule has 6 heteroatoms. The second-order valence-electron chi connectivity index (χ2n) is 17.8. The lowest BCUT2D eigenvalue weighted by molar-refractivity contribution is -0.122. The number of nitrogens with zero attached hydrogens (tertiary/aromatic N) is 2. The average molecular weight is 815 g/mol. The van der Waals surface area contributed by atoms with Crippen LogP contribution in [0.3, 0.4) is 0 Å².